The van der Waals surface area contributed by atoms with Crippen LogP contribution < -0.4 is 10.9 Å². The molecule has 0 radical (unpaired) electrons. The summed E-state index contributed by atoms with van der Waals surface area (Å²) in [5.41, 5.74) is 1.74. The van der Waals surface area contributed by atoms with Gasteiger partial charge in [-0.3, -0.25) is 19.1 Å². The quantitative estimate of drug-likeness (QED) is 0.842. The van der Waals surface area contributed by atoms with E-state index in [0.717, 1.165) is 22.8 Å². The van der Waals surface area contributed by atoms with Crippen LogP contribution in [0, 0.1) is 0 Å². The number of pyridine rings is 1. The van der Waals surface area contributed by atoms with Crippen molar-refractivity contribution in [2.75, 3.05) is 5.75 Å². The lowest BCUT2D eigenvalue weighted by molar-refractivity contribution is -0.121. The summed E-state index contributed by atoms with van der Waals surface area (Å²) in [5.74, 6) is 0.643. The van der Waals surface area contributed by atoms with Crippen molar-refractivity contribution in [3.8, 4) is 0 Å². The summed E-state index contributed by atoms with van der Waals surface area (Å²) in [6, 6.07) is 5.17. The molecule has 3 rings (SSSR count). The van der Waals surface area contributed by atoms with Crippen LogP contribution in [0.15, 0.2) is 40.5 Å². The van der Waals surface area contributed by atoms with Crippen molar-refractivity contribution in [2.45, 2.75) is 37.5 Å². The SMILES string of the molecule is CCc1cc(=O)n2c(n1)SC[C@@H]2CC(=O)NCc1ccncc1. The third-order valence-electron chi connectivity index (χ3n) is 3.77. The minimum Gasteiger partial charge on any atom is -0.352 e. The highest BCUT2D eigenvalue weighted by atomic mass is 32.2. The minimum absolute atomic E-state index is 0.0632. The monoisotopic (exact) mass is 330 g/mol. The second kappa shape index (κ2) is 6.95. The molecular formula is C16H18N4O2S. The normalized spacial score (nSPS) is 16.1. The molecule has 6 nitrogen and oxygen atoms in total. The van der Waals surface area contributed by atoms with Gasteiger partial charge in [0.1, 0.15) is 0 Å². The lowest BCUT2D eigenvalue weighted by Crippen LogP contribution is -2.30. The Balaban J connectivity index is 1.64. The molecule has 23 heavy (non-hydrogen) atoms. The number of amides is 1. The molecule has 0 saturated carbocycles. The van der Waals surface area contributed by atoms with E-state index < -0.39 is 0 Å². The Morgan fingerprint density at radius 1 is 1.43 bits per heavy atom. The second-order valence-corrected chi connectivity index (χ2v) is 6.38. The summed E-state index contributed by atoms with van der Waals surface area (Å²) < 4.78 is 1.65. The van der Waals surface area contributed by atoms with E-state index >= 15 is 0 Å². The number of carbonyl (C=O) groups is 1. The van der Waals surface area contributed by atoms with E-state index in [1.807, 2.05) is 19.1 Å². The largest absolute Gasteiger partial charge is 0.352 e. The molecule has 1 aliphatic rings. The Morgan fingerprint density at radius 3 is 2.96 bits per heavy atom. The zero-order valence-corrected chi connectivity index (χ0v) is 13.7. The highest BCUT2D eigenvalue weighted by Crippen LogP contribution is 2.31. The summed E-state index contributed by atoms with van der Waals surface area (Å²) in [6.07, 6.45) is 4.42. The van der Waals surface area contributed by atoms with Crippen molar-refractivity contribution >= 4 is 17.7 Å². The molecule has 1 N–H and O–H groups in total. The van der Waals surface area contributed by atoms with E-state index in [9.17, 15) is 9.59 Å². The maximum Gasteiger partial charge on any atom is 0.254 e. The van der Waals surface area contributed by atoms with E-state index in [0.29, 0.717) is 12.3 Å². The van der Waals surface area contributed by atoms with Gasteiger partial charge in [-0.05, 0) is 24.1 Å². The molecule has 1 atom stereocenters. The number of nitrogens with one attached hydrogen (secondary N) is 1. The van der Waals surface area contributed by atoms with Crippen molar-refractivity contribution in [1.82, 2.24) is 19.9 Å². The molecule has 120 valence electrons. The van der Waals surface area contributed by atoms with Crippen LogP contribution in [0.2, 0.25) is 0 Å². The molecule has 0 spiro atoms. The molecule has 0 fully saturated rings. The Morgan fingerprint density at radius 2 is 2.22 bits per heavy atom. The van der Waals surface area contributed by atoms with Gasteiger partial charge in [0.25, 0.3) is 5.56 Å². The zero-order chi connectivity index (χ0) is 16.2. The highest BCUT2D eigenvalue weighted by Gasteiger charge is 2.27. The van der Waals surface area contributed by atoms with E-state index in [-0.39, 0.29) is 23.9 Å². The van der Waals surface area contributed by atoms with E-state index in [1.54, 1.807) is 23.0 Å². The van der Waals surface area contributed by atoms with E-state index in [1.165, 1.54) is 11.8 Å². The number of aromatic nitrogens is 3. The van der Waals surface area contributed by atoms with Gasteiger partial charge in [-0.15, -0.1) is 0 Å². The van der Waals surface area contributed by atoms with Gasteiger partial charge in [0.15, 0.2) is 5.16 Å². The van der Waals surface area contributed by atoms with Gasteiger partial charge in [-0.25, -0.2) is 4.98 Å². The van der Waals surface area contributed by atoms with Crippen molar-refractivity contribution in [1.29, 1.82) is 0 Å². The molecular weight excluding hydrogens is 312 g/mol. The highest BCUT2D eigenvalue weighted by molar-refractivity contribution is 7.99. The number of nitrogens with zero attached hydrogens (tertiary/aromatic N) is 3. The van der Waals surface area contributed by atoms with Crippen LogP contribution in [-0.2, 0) is 17.8 Å². The van der Waals surface area contributed by atoms with Gasteiger partial charge in [-0.1, -0.05) is 18.7 Å². The van der Waals surface area contributed by atoms with Crippen LogP contribution in [-0.4, -0.2) is 26.2 Å². The van der Waals surface area contributed by atoms with Gasteiger partial charge < -0.3 is 5.32 Å². The van der Waals surface area contributed by atoms with Gasteiger partial charge in [0, 0.05) is 42.9 Å². The molecule has 3 heterocycles. The van der Waals surface area contributed by atoms with Crippen LogP contribution in [0.25, 0.3) is 0 Å². The van der Waals surface area contributed by atoms with Crippen LogP contribution in [0.4, 0.5) is 0 Å². The van der Waals surface area contributed by atoms with Crippen molar-refractivity contribution < 1.29 is 4.79 Å². The number of aryl methyl sites for hydroxylation is 1. The second-order valence-electron chi connectivity index (χ2n) is 5.39. The van der Waals surface area contributed by atoms with Crippen LogP contribution in [0.5, 0.6) is 0 Å². The van der Waals surface area contributed by atoms with E-state index in [4.69, 9.17) is 0 Å². The fourth-order valence-electron chi connectivity index (χ4n) is 2.52. The van der Waals surface area contributed by atoms with Crippen molar-refractivity contribution in [2.24, 2.45) is 0 Å². The molecule has 0 unspecified atom stereocenters. The average molecular weight is 330 g/mol. The summed E-state index contributed by atoms with van der Waals surface area (Å²) in [4.78, 5) is 32.8. The first-order valence-electron chi connectivity index (χ1n) is 7.58. The lowest BCUT2D eigenvalue weighted by Gasteiger charge is -2.13. The zero-order valence-electron chi connectivity index (χ0n) is 12.9. The predicted octanol–water partition coefficient (Wildman–Crippen LogP) is 1.55. The summed E-state index contributed by atoms with van der Waals surface area (Å²) in [5, 5.41) is 3.61. The van der Waals surface area contributed by atoms with E-state index in [2.05, 4.69) is 15.3 Å². The smallest absolute Gasteiger partial charge is 0.254 e. The molecule has 0 saturated heterocycles. The summed E-state index contributed by atoms with van der Waals surface area (Å²) in [7, 11) is 0. The molecule has 1 amide bonds. The van der Waals surface area contributed by atoms with Crippen molar-refractivity contribution in [3.05, 3.63) is 52.2 Å². The Hall–Kier alpha value is -2.15. The molecule has 0 aliphatic carbocycles. The Bertz CT molecular complexity index is 760. The first kappa shape index (κ1) is 15.7. The molecule has 2 aromatic heterocycles. The number of hydrogen-bond acceptors (Lipinski definition) is 5. The number of carbonyl (C=O) groups excluding carboxylic acids is 1. The Kier molecular flexibility index (Phi) is 4.76. The molecule has 1 aliphatic heterocycles. The van der Waals surface area contributed by atoms with Gasteiger partial charge in [-0.2, -0.15) is 0 Å². The fraction of sp³-hybridized carbons (Fsp3) is 0.375. The van der Waals surface area contributed by atoms with Crippen LogP contribution >= 0.6 is 11.8 Å². The molecule has 2 aromatic rings. The maximum atomic E-state index is 12.2. The predicted molar refractivity (Wildman–Crippen MR) is 88.3 cm³/mol. The lowest BCUT2D eigenvalue weighted by atomic mass is 10.2. The average Bonchev–Trinajstić information content (AvgIpc) is 2.97. The van der Waals surface area contributed by atoms with Crippen molar-refractivity contribution in [3.63, 3.8) is 0 Å². The fourth-order valence-corrected chi connectivity index (χ4v) is 3.69. The van der Waals surface area contributed by atoms with Crippen LogP contribution in [0.1, 0.15) is 30.6 Å². The number of hydrogen-bond donors (Lipinski definition) is 1. The maximum absolute atomic E-state index is 12.2. The number of rotatable bonds is 5. The first-order valence-corrected chi connectivity index (χ1v) is 8.56. The molecule has 7 heteroatoms. The third kappa shape index (κ3) is 3.61. The molecule has 0 bridgehead atoms. The van der Waals surface area contributed by atoms with Gasteiger partial charge in [0.2, 0.25) is 5.91 Å². The first-order chi connectivity index (χ1) is 11.2. The minimum atomic E-state index is -0.127. The summed E-state index contributed by atoms with van der Waals surface area (Å²) in [6.45, 7) is 2.44. The summed E-state index contributed by atoms with van der Waals surface area (Å²) >= 11 is 1.54. The third-order valence-corrected chi connectivity index (χ3v) is 4.86. The standard InChI is InChI=1S/C16H18N4O2S/c1-2-12-7-15(22)20-13(10-23-16(20)19-12)8-14(21)18-9-11-3-5-17-6-4-11/h3-7,13H,2,8-10H2,1H3,(H,18,21)/t13-/m0/s1. The molecule has 0 aromatic carbocycles. The number of thioether (sulfide) groups is 1. The Labute approximate surface area is 138 Å². The topological polar surface area (TPSA) is 76.9 Å². The van der Waals surface area contributed by atoms with Gasteiger partial charge in [0.05, 0.1) is 6.04 Å². The van der Waals surface area contributed by atoms with Gasteiger partial charge >= 0.3 is 0 Å². The number of fused-ring (bicyclic) bond motifs is 1. The van der Waals surface area contributed by atoms with Crippen LogP contribution in [0.3, 0.4) is 0 Å².